The van der Waals surface area contributed by atoms with Gasteiger partial charge in [-0.2, -0.15) is 0 Å². The molecule has 14 heteroatoms. The quantitative estimate of drug-likeness (QED) is 0.162. The predicted octanol–water partition coefficient (Wildman–Crippen LogP) is 0.866. The molecule has 1 aliphatic heterocycles. The Balaban J connectivity index is 2.04. The topological polar surface area (TPSA) is 200 Å². The first-order chi connectivity index (χ1) is 17.7. The SMILES string of the molecule is CC(C)C[C@H](NC(=O)/C=C/c1ccc(OP(=O)(O)O)cc1)C(=O)N1CCC[C@H]1C(=O)N[C@H](C)CNC(N)=O. The van der Waals surface area contributed by atoms with E-state index in [2.05, 4.69) is 20.5 Å². The maximum Gasteiger partial charge on any atom is 0.524 e. The van der Waals surface area contributed by atoms with E-state index in [-0.39, 0.29) is 36.1 Å². The van der Waals surface area contributed by atoms with Crippen LogP contribution in [-0.2, 0) is 18.9 Å². The number of primary amides is 1. The van der Waals surface area contributed by atoms with Crippen molar-refractivity contribution in [2.45, 2.75) is 58.2 Å². The molecule has 0 aliphatic carbocycles. The fourth-order valence-electron chi connectivity index (χ4n) is 4.01. The molecule has 3 atom stereocenters. The highest BCUT2D eigenvalue weighted by molar-refractivity contribution is 7.46. The van der Waals surface area contributed by atoms with Crippen LogP contribution in [0.15, 0.2) is 30.3 Å². The molecule has 7 N–H and O–H groups in total. The van der Waals surface area contributed by atoms with Crippen molar-refractivity contribution in [3.8, 4) is 5.75 Å². The summed E-state index contributed by atoms with van der Waals surface area (Å²) in [4.78, 5) is 69.0. The molecule has 1 heterocycles. The molecule has 210 valence electrons. The molecule has 5 amide bonds. The molecule has 1 aromatic rings. The van der Waals surface area contributed by atoms with E-state index >= 15 is 0 Å². The smallest absolute Gasteiger partial charge is 0.404 e. The van der Waals surface area contributed by atoms with E-state index < -0.39 is 31.8 Å². The molecule has 0 unspecified atom stereocenters. The molecule has 0 spiro atoms. The van der Waals surface area contributed by atoms with E-state index in [9.17, 15) is 23.7 Å². The van der Waals surface area contributed by atoms with Gasteiger partial charge in [-0.05, 0) is 55.9 Å². The lowest BCUT2D eigenvalue weighted by molar-refractivity contribution is -0.141. The average Bonchev–Trinajstić information content (AvgIpc) is 3.30. The second-order valence-electron chi connectivity index (χ2n) is 9.52. The molecular formula is C24H36N5O8P. The second kappa shape index (κ2) is 13.9. The van der Waals surface area contributed by atoms with Gasteiger partial charge in [0, 0.05) is 25.2 Å². The number of amides is 5. The summed E-state index contributed by atoms with van der Waals surface area (Å²) in [6, 6.07) is 3.12. The zero-order valence-electron chi connectivity index (χ0n) is 21.6. The molecule has 0 aromatic heterocycles. The highest BCUT2D eigenvalue weighted by atomic mass is 31.2. The van der Waals surface area contributed by atoms with Gasteiger partial charge in [0.25, 0.3) is 0 Å². The van der Waals surface area contributed by atoms with Crippen LogP contribution in [0.3, 0.4) is 0 Å². The van der Waals surface area contributed by atoms with Crippen molar-refractivity contribution in [3.05, 3.63) is 35.9 Å². The number of likely N-dealkylation sites (tertiary alicyclic amines) is 1. The number of nitrogens with one attached hydrogen (secondary N) is 3. The van der Waals surface area contributed by atoms with Gasteiger partial charge in [-0.25, -0.2) is 9.36 Å². The largest absolute Gasteiger partial charge is 0.524 e. The number of rotatable bonds is 12. The number of phosphoric ester groups is 1. The van der Waals surface area contributed by atoms with Gasteiger partial charge in [-0.15, -0.1) is 0 Å². The van der Waals surface area contributed by atoms with Crippen LogP contribution in [0.25, 0.3) is 6.08 Å². The van der Waals surface area contributed by atoms with Gasteiger partial charge >= 0.3 is 13.9 Å². The fraction of sp³-hybridized carbons (Fsp3) is 0.500. The van der Waals surface area contributed by atoms with E-state index in [4.69, 9.17) is 15.5 Å². The first-order valence-electron chi connectivity index (χ1n) is 12.2. The molecule has 2 rings (SSSR count). The number of carbonyl (C=O) groups excluding carboxylic acids is 4. The Morgan fingerprint density at radius 2 is 1.82 bits per heavy atom. The summed E-state index contributed by atoms with van der Waals surface area (Å²) in [5.41, 5.74) is 5.63. The van der Waals surface area contributed by atoms with Crippen molar-refractivity contribution < 1.29 is 38.1 Å². The van der Waals surface area contributed by atoms with Crippen molar-refractivity contribution in [2.75, 3.05) is 13.1 Å². The molecule has 38 heavy (non-hydrogen) atoms. The zero-order chi connectivity index (χ0) is 28.5. The van der Waals surface area contributed by atoms with Crippen molar-refractivity contribution in [2.24, 2.45) is 11.7 Å². The van der Waals surface area contributed by atoms with Crippen LogP contribution < -0.4 is 26.2 Å². The Kier molecular flexibility index (Phi) is 11.3. The van der Waals surface area contributed by atoms with Crippen LogP contribution in [0.2, 0.25) is 0 Å². The van der Waals surface area contributed by atoms with Crippen molar-refractivity contribution >= 4 is 37.7 Å². The van der Waals surface area contributed by atoms with Crippen LogP contribution in [0.5, 0.6) is 5.75 Å². The lowest BCUT2D eigenvalue weighted by Crippen LogP contribution is -2.55. The average molecular weight is 554 g/mol. The number of urea groups is 1. The summed E-state index contributed by atoms with van der Waals surface area (Å²) in [6.45, 7) is 6.09. The Morgan fingerprint density at radius 1 is 1.16 bits per heavy atom. The van der Waals surface area contributed by atoms with E-state index in [1.165, 1.54) is 41.3 Å². The first-order valence-corrected chi connectivity index (χ1v) is 13.8. The minimum Gasteiger partial charge on any atom is -0.404 e. The molecule has 1 fully saturated rings. The van der Waals surface area contributed by atoms with Gasteiger partial charge in [0.1, 0.15) is 17.8 Å². The molecule has 1 aliphatic rings. The number of benzene rings is 1. The van der Waals surface area contributed by atoms with E-state index in [1.807, 2.05) is 13.8 Å². The van der Waals surface area contributed by atoms with Gasteiger partial charge in [0.15, 0.2) is 0 Å². The van der Waals surface area contributed by atoms with Crippen molar-refractivity contribution in [1.82, 2.24) is 20.9 Å². The standard InChI is InChI=1S/C24H36N5O8P/c1-15(2)13-19(28-21(30)11-8-17-6-9-18(10-7-17)37-38(34,35)36)23(32)29-12-4-5-20(29)22(31)27-16(3)14-26-24(25)33/h6-11,15-16,19-20H,4-5,12-14H2,1-3H3,(H,27,31)(H,28,30)(H3,25,26,33)(H2,34,35,36)/b11-8+/t16-,19+,20+/m1/s1. The molecule has 0 radical (unpaired) electrons. The van der Waals surface area contributed by atoms with Crippen LogP contribution in [0, 0.1) is 5.92 Å². The zero-order valence-corrected chi connectivity index (χ0v) is 22.5. The van der Waals surface area contributed by atoms with Crippen molar-refractivity contribution in [3.63, 3.8) is 0 Å². The maximum atomic E-state index is 13.4. The highest BCUT2D eigenvalue weighted by Gasteiger charge is 2.38. The van der Waals surface area contributed by atoms with Gasteiger partial charge in [0.05, 0.1) is 0 Å². The molecule has 1 saturated heterocycles. The second-order valence-corrected chi connectivity index (χ2v) is 10.7. The molecule has 0 bridgehead atoms. The fourth-order valence-corrected chi connectivity index (χ4v) is 4.41. The number of hydrogen-bond acceptors (Lipinski definition) is 6. The summed E-state index contributed by atoms with van der Waals surface area (Å²) in [7, 11) is -4.67. The maximum absolute atomic E-state index is 13.4. The molecule has 13 nitrogen and oxygen atoms in total. The third-order valence-corrected chi connectivity index (χ3v) is 6.11. The normalized spacial score (nSPS) is 17.2. The Morgan fingerprint density at radius 3 is 2.39 bits per heavy atom. The highest BCUT2D eigenvalue weighted by Crippen LogP contribution is 2.37. The van der Waals surface area contributed by atoms with E-state index in [0.717, 1.165) is 0 Å². The van der Waals surface area contributed by atoms with Crippen LogP contribution in [0.1, 0.15) is 45.6 Å². The molecular weight excluding hydrogens is 517 g/mol. The first kappa shape index (κ1) is 30.8. The number of hydrogen-bond donors (Lipinski definition) is 6. The predicted molar refractivity (Wildman–Crippen MR) is 139 cm³/mol. The van der Waals surface area contributed by atoms with E-state index in [0.29, 0.717) is 31.4 Å². The lowest BCUT2D eigenvalue weighted by atomic mass is 10.0. The van der Waals surface area contributed by atoms with Gasteiger partial charge < -0.3 is 31.1 Å². The molecule has 1 aromatic carbocycles. The van der Waals surface area contributed by atoms with Crippen LogP contribution in [0.4, 0.5) is 4.79 Å². The lowest BCUT2D eigenvalue weighted by Gasteiger charge is -2.30. The van der Waals surface area contributed by atoms with Crippen LogP contribution in [-0.4, -0.2) is 69.7 Å². The van der Waals surface area contributed by atoms with Gasteiger partial charge in [-0.1, -0.05) is 26.0 Å². The van der Waals surface area contributed by atoms with Crippen LogP contribution >= 0.6 is 7.82 Å². The summed E-state index contributed by atoms with van der Waals surface area (Å²) >= 11 is 0. The Labute approximate surface area is 221 Å². The minimum absolute atomic E-state index is 0.0229. The number of carbonyl (C=O) groups is 4. The van der Waals surface area contributed by atoms with Crippen molar-refractivity contribution in [1.29, 1.82) is 0 Å². The minimum atomic E-state index is -4.67. The third kappa shape index (κ3) is 10.5. The Bertz CT molecular complexity index is 1070. The summed E-state index contributed by atoms with van der Waals surface area (Å²) < 4.78 is 15.4. The number of nitrogens with two attached hydrogens (primary N) is 1. The summed E-state index contributed by atoms with van der Waals surface area (Å²) in [6.07, 6.45) is 4.23. The van der Waals surface area contributed by atoms with E-state index in [1.54, 1.807) is 6.92 Å². The third-order valence-electron chi connectivity index (χ3n) is 5.66. The summed E-state index contributed by atoms with van der Waals surface area (Å²) in [5, 5.41) is 7.94. The number of phosphoric acid groups is 1. The van der Waals surface area contributed by atoms with Gasteiger partial charge in [0.2, 0.25) is 17.7 Å². The number of nitrogens with zero attached hydrogens (tertiary/aromatic N) is 1. The Hall–Kier alpha value is -3.41. The van der Waals surface area contributed by atoms with Gasteiger partial charge in [-0.3, -0.25) is 24.2 Å². The monoisotopic (exact) mass is 553 g/mol. The summed E-state index contributed by atoms with van der Waals surface area (Å²) in [5.74, 6) is -1.13. The molecule has 0 saturated carbocycles.